The van der Waals surface area contributed by atoms with E-state index < -0.39 is 8.32 Å². The third-order valence-corrected chi connectivity index (χ3v) is 9.14. The van der Waals surface area contributed by atoms with Gasteiger partial charge in [-0.3, -0.25) is 0 Å². The van der Waals surface area contributed by atoms with Crippen molar-refractivity contribution in [1.29, 1.82) is 0 Å². The van der Waals surface area contributed by atoms with Crippen LogP contribution in [0.15, 0.2) is 42.2 Å². The van der Waals surface area contributed by atoms with Crippen LogP contribution in [0.5, 0.6) is 0 Å². The van der Waals surface area contributed by atoms with Crippen LogP contribution in [-0.2, 0) is 4.43 Å². The second kappa shape index (κ2) is 13.5. The van der Waals surface area contributed by atoms with E-state index in [1.807, 2.05) is 0 Å². The molecule has 138 valence electrons. The molecule has 0 amide bonds. The molecule has 0 unspecified atom stereocenters. The van der Waals surface area contributed by atoms with Crippen LogP contribution in [0.4, 0.5) is 0 Å². The Balaban J connectivity index is 3.74. The molecule has 0 rings (SSSR count). The summed E-state index contributed by atoms with van der Waals surface area (Å²) in [5.74, 6) is 0. The Morgan fingerprint density at radius 1 is 0.875 bits per heavy atom. The summed E-state index contributed by atoms with van der Waals surface area (Å²) in [6.45, 7) is 14.5. The van der Waals surface area contributed by atoms with Crippen molar-refractivity contribution in [2.75, 3.05) is 6.61 Å². The summed E-state index contributed by atoms with van der Waals surface area (Å²) in [6, 6.07) is 0. The predicted molar refractivity (Wildman–Crippen MR) is 112 cm³/mol. The van der Waals surface area contributed by atoms with Crippen LogP contribution in [0, 0.1) is 0 Å². The summed E-state index contributed by atoms with van der Waals surface area (Å²) >= 11 is 0. The molecule has 0 bridgehead atoms. The number of hydrogen-bond acceptors (Lipinski definition) is 1. The molecule has 1 nitrogen and oxygen atoms in total. The van der Waals surface area contributed by atoms with Crippen LogP contribution in [-0.4, -0.2) is 14.9 Å². The molecule has 0 spiro atoms. The molecule has 24 heavy (non-hydrogen) atoms. The van der Waals surface area contributed by atoms with Crippen LogP contribution >= 0.6 is 0 Å². The molecule has 0 aromatic heterocycles. The van der Waals surface area contributed by atoms with Gasteiger partial charge in [0.15, 0.2) is 8.32 Å². The van der Waals surface area contributed by atoms with Crippen molar-refractivity contribution in [1.82, 2.24) is 0 Å². The first kappa shape index (κ1) is 23.2. The van der Waals surface area contributed by atoms with Gasteiger partial charge >= 0.3 is 0 Å². The van der Waals surface area contributed by atoms with Crippen LogP contribution in [0.25, 0.3) is 0 Å². The van der Waals surface area contributed by atoms with Crippen molar-refractivity contribution >= 4 is 8.32 Å². The zero-order valence-electron chi connectivity index (χ0n) is 17.0. The maximum Gasteiger partial charge on any atom is 0.191 e. The van der Waals surface area contributed by atoms with Crippen LogP contribution in [0.2, 0.25) is 18.1 Å². The van der Waals surface area contributed by atoms with E-state index in [1.54, 1.807) is 0 Å². The van der Waals surface area contributed by atoms with Gasteiger partial charge in [0.05, 0.1) is 0 Å². The highest BCUT2D eigenvalue weighted by Gasteiger charge is 2.36. The zero-order valence-corrected chi connectivity index (χ0v) is 18.0. The molecule has 0 heterocycles. The SMILES string of the molecule is CCCCC/C=C\C/C=C\CC=C=CCCO[Si](C)(C)C(C)(C)C. The molecule has 0 saturated heterocycles. The third kappa shape index (κ3) is 12.6. The minimum Gasteiger partial charge on any atom is -0.416 e. The van der Waals surface area contributed by atoms with Crippen molar-refractivity contribution < 1.29 is 4.43 Å². The average molecular weight is 349 g/mol. The Morgan fingerprint density at radius 2 is 1.54 bits per heavy atom. The van der Waals surface area contributed by atoms with E-state index in [4.69, 9.17) is 4.43 Å². The molecule has 0 aromatic rings. The summed E-state index contributed by atoms with van der Waals surface area (Å²) in [6.07, 6.45) is 21.3. The van der Waals surface area contributed by atoms with Crippen molar-refractivity contribution in [3.05, 3.63) is 42.2 Å². The molecule has 0 atom stereocenters. The van der Waals surface area contributed by atoms with E-state index in [9.17, 15) is 0 Å². The van der Waals surface area contributed by atoms with Crippen molar-refractivity contribution in [2.45, 2.75) is 90.8 Å². The molecule has 2 heteroatoms. The van der Waals surface area contributed by atoms with Crippen molar-refractivity contribution in [3.8, 4) is 0 Å². The highest BCUT2D eigenvalue weighted by molar-refractivity contribution is 6.74. The Hall–Kier alpha value is -0.823. The van der Waals surface area contributed by atoms with Gasteiger partial charge in [0.1, 0.15) is 0 Å². The van der Waals surface area contributed by atoms with Gasteiger partial charge in [-0.2, -0.15) is 0 Å². The molecule has 0 fully saturated rings. The van der Waals surface area contributed by atoms with Gasteiger partial charge in [-0.15, -0.1) is 5.73 Å². The molecule has 0 aromatic carbocycles. The fourth-order valence-corrected chi connectivity index (χ4v) is 2.95. The van der Waals surface area contributed by atoms with E-state index in [0.29, 0.717) is 5.04 Å². The van der Waals surface area contributed by atoms with E-state index in [-0.39, 0.29) is 0 Å². The Labute approximate surface area is 152 Å². The van der Waals surface area contributed by atoms with Crippen molar-refractivity contribution in [2.24, 2.45) is 0 Å². The lowest BCUT2D eigenvalue weighted by molar-refractivity contribution is 0.294. The van der Waals surface area contributed by atoms with Gasteiger partial charge in [-0.25, -0.2) is 0 Å². The van der Waals surface area contributed by atoms with Gasteiger partial charge < -0.3 is 4.43 Å². The molecular formula is C22H40OSi. The van der Waals surface area contributed by atoms with Gasteiger partial charge in [-0.1, -0.05) is 64.8 Å². The third-order valence-electron chi connectivity index (χ3n) is 4.60. The summed E-state index contributed by atoms with van der Waals surface area (Å²) in [7, 11) is -1.59. The minimum absolute atomic E-state index is 0.293. The van der Waals surface area contributed by atoms with Gasteiger partial charge in [-0.05, 0) is 62.4 Å². The monoisotopic (exact) mass is 348 g/mol. The summed E-state index contributed by atoms with van der Waals surface area (Å²) in [5, 5.41) is 0.293. The maximum absolute atomic E-state index is 6.13. The Morgan fingerprint density at radius 3 is 2.21 bits per heavy atom. The fraction of sp³-hybridized carbons (Fsp3) is 0.682. The lowest BCUT2D eigenvalue weighted by Gasteiger charge is -2.36. The van der Waals surface area contributed by atoms with Crippen LogP contribution in [0.3, 0.4) is 0 Å². The van der Waals surface area contributed by atoms with E-state index in [0.717, 1.165) is 25.9 Å². The molecule has 0 aliphatic heterocycles. The van der Waals surface area contributed by atoms with E-state index in [1.165, 1.54) is 25.7 Å². The van der Waals surface area contributed by atoms with E-state index >= 15 is 0 Å². The van der Waals surface area contributed by atoms with Crippen LogP contribution in [0.1, 0.15) is 72.6 Å². The number of hydrogen-bond donors (Lipinski definition) is 0. The summed E-state index contributed by atoms with van der Waals surface area (Å²) < 4.78 is 6.13. The molecular weight excluding hydrogens is 308 g/mol. The Kier molecular flexibility index (Phi) is 13.0. The fourth-order valence-electron chi connectivity index (χ4n) is 1.89. The lowest BCUT2D eigenvalue weighted by atomic mass is 10.2. The lowest BCUT2D eigenvalue weighted by Crippen LogP contribution is -2.40. The normalized spacial score (nSPS) is 12.8. The average Bonchev–Trinajstić information content (AvgIpc) is 2.50. The minimum atomic E-state index is -1.59. The van der Waals surface area contributed by atoms with Gasteiger partial charge in [0, 0.05) is 6.61 Å². The molecule has 0 aliphatic rings. The van der Waals surface area contributed by atoms with Crippen LogP contribution < -0.4 is 0 Å². The van der Waals surface area contributed by atoms with Crippen molar-refractivity contribution in [3.63, 3.8) is 0 Å². The number of unbranched alkanes of at least 4 members (excludes halogenated alkanes) is 3. The highest BCUT2D eigenvalue weighted by Crippen LogP contribution is 2.36. The molecule has 0 aliphatic carbocycles. The zero-order chi connectivity index (χ0) is 18.3. The first-order valence-electron chi connectivity index (χ1n) is 9.64. The molecule has 0 saturated carbocycles. The molecule has 0 N–H and O–H groups in total. The number of rotatable bonds is 12. The smallest absolute Gasteiger partial charge is 0.191 e. The predicted octanol–water partition coefficient (Wildman–Crippen LogP) is 7.58. The Bertz CT molecular complexity index is 418. The van der Waals surface area contributed by atoms with Gasteiger partial charge in [0.25, 0.3) is 0 Å². The van der Waals surface area contributed by atoms with E-state index in [2.05, 4.69) is 83.0 Å². The number of allylic oxidation sites excluding steroid dienone is 4. The quantitative estimate of drug-likeness (QED) is 0.153. The standard InChI is InChI=1S/C22H40OSi/c1-7-8-9-10-11-12-13-14-15-16-17-18-19-20-21-23-24(5,6)22(2,3)4/h11-12,14-15,17,19H,7-10,13,16,20-21H2,1-6H3/b12-11-,15-14-. The summed E-state index contributed by atoms with van der Waals surface area (Å²) in [4.78, 5) is 0. The molecule has 0 radical (unpaired) electrons. The second-order valence-corrected chi connectivity index (χ2v) is 12.7. The first-order valence-corrected chi connectivity index (χ1v) is 12.6. The van der Waals surface area contributed by atoms with Gasteiger partial charge in [0.2, 0.25) is 0 Å². The summed E-state index contributed by atoms with van der Waals surface area (Å²) in [5.41, 5.74) is 3.25. The second-order valence-electron chi connectivity index (χ2n) is 7.88. The largest absolute Gasteiger partial charge is 0.416 e. The highest BCUT2D eigenvalue weighted by atomic mass is 28.4. The first-order chi connectivity index (χ1) is 11.3. The topological polar surface area (TPSA) is 9.23 Å². The maximum atomic E-state index is 6.13.